The zero-order valence-electron chi connectivity index (χ0n) is 18.7. The van der Waals surface area contributed by atoms with Gasteiger partial charge in [0.15, 0.2) is 5.76 Å². The third-order valence-corrected chi connectivity index (χ3v) is 5.50. The Balaban J connectivity index is 1.95. The third kappa shape index (κ3) is 5.91. The van der Waals surface area contributed by atoms with Crippen LogP contribution in [0.4, 0.5) is 5.69 Å². The van der Waals surface area contributed by atoms with Crippen LogP contribution < -0.4 is 5.32 Å². The Labute approximate surface area is 192 Å². The summed E-state index contributed by atoms with van der Waals surface area (Å²) < 4.78 is 16.5. The highest BCUT2D eigenvalue weighted by molar-refractivity contribution is 6.03. The highest BCUT2D eigenvalue weighted by Crippen LogP contribution is 2.40. The topological polar surface area (TPSA) is 114 Å². The largest absolute Gasteiger partial charge is 0.506 e. The Bertz CT molecular complexity index is 987. The molecule has 1 amide bonds. The molecule has 2 aromatic carbocycles. The quantitative estimate of drug-likeness (QED) is 0.391. The van der Waals surface area contributed by atoms with E-state index in [1.54, 1.807) is 36.4 Å². The second kappa shape index (κ2) is 11.5. The molecular formula is C25H29NO7. The predicted molar refractivity (Wildman–Crippen MR) is 122 cm³/mol. The van der Waals surface area contributed by atoms with E-state index in [0.717, 1.165) is 5.56 Å². The van der Waals surface area contributed by atoms with E-state index in [9.17, 15) is 19.8 Å². The summed E-state index contributed by atoms with van der Waals surface area (Å²) in [6.07, 6.45) is 2.17. The number of methoxy groups -OCH3 is 1. The van der Waals surface area contributed by atoms with Crippen LogP contribution in [-0.2, 0) is 19.0 Å². The maximum absolute atomic E-state index is 13.0. The van der Waals surface area contributed by atoms with Crippen molar-refractivity contribution in [3.05, 3.63) is 71.5 Å². The fraction of sp³-hybridized carbons (Fsp3) is 0.360. The van der Waals surface area contributed by atoms with E-state index in [1.165, 1.54) is 13.2 Å². The van der Waals surface area contributed by atoms with Crippen LogP contribution in [0.3, 0.4) is 0 Å². The molecule has 0 fully saturated rings. The van der Waals surface area contributed by atoms with E-state index in [4.69, 9.17) is 14.2 Å². The molecule has 0 saturated carbocycles. The van der Waals surface area contributed by atoms with Gasteiger partial charge in [0.1, 0.15) is 5.75 Å². The summed E-state index contributed by atoms with van der Waals surface area (Å²) in [4.78, 5) is 24.8. The van der Waals surface area contributed by atoms with Crippen LogP contribution in [0, 0.1) is 5.92 Å². The first-order valence-corrected chi connectivity index (χ1v) is 10.9. The lowest BCUT2D eigenvalue weighted by molar-refractivity contribution is -0.165. The third-order valence-electron chi connectivity index (χ3n) is 5.50. The van der Waals surface area contributed by atoms with Crippen molar-refractivity contribution in [2.24, 2.45) is 5.92 Å². The van der Waals surface area contributed by atoms with Gasteiger partial charge in [-0.3, -0.25) is 4.79 Å². The number of phenolic OH excluding ortho intramolecular Hbond substituents is 1. The Morgan fingerprint density at radius 2 is 1.85 bits per heavy atom. The second-order valence-electron chi connectivity index (χ2n) is 7.61. The molecule has 3 N–H and O–H groups in total. The molecular weight excluding hydrogens is 426 g/mol. The minimum absolute atomic E-state index is 0.0215. The Morgan fingerprint density at radius 3 is 2.48 bits per heavy atom. The summed E-state index contributed by atoms with van der Waals surface area (Å²) in [5, 5.41) is 22.0. The van der Waals surface area contributed by atoms with E-state index in [2.05, 4.69) is 5.32 Å². The lowest BCUT2D eigenvalue weighted by Crippen LogP contribution is -2.37. The summed E-state index contributed by atoms with van der Waals surface area (Å²) in [7, 11) is 1.32. The van der Waals surface area contributed by atoms with Gasteiger partial charge in [0.25, 0.3) is 5.91 Å². The van der Waals surface area contributed by atoms with Crippen LogP contribution in [0.5, 0.6) is 5.75 Å². The van der Waals surface area contributed by atoms with Crippen molar-refractivity contribution in [3.8, 4) is 5.75 Å². The monoisotopic (exact) mass is 455 g/mol. The average molecular weight is 456 g/mol. The standard InChI is InChI=1S/C25H29NO7/c1-3-32-25-18(7-6-14-27)19(16-10-12-17(13-11-16)24(30)31-2)15-22(33-25)23(29)26-20-8-4-5-9-21(20)28/h4-5,8-13,15,18-19,25,27-28H,3,6-7,14H2,1-2H3,(H,26,29)/t18-,19-,25-/m1/s1. The van der Waals surface area contributed by atoms with Gasteiger partial charge in [-0.15, -0.1) is 0 Å². The molecule has 0 aliphatic carbocycles. The van der Waals surface area contributed by atoms with Crippen molar-refractivity contribution in [1.82, 2.24) is 0 Å². The number of aliphatic hydroxyl groups is 1. The van der Waals surface area contributed by atoms with Gasteiger partial charge in [-0.2, -0.15) is 0 Å². The number of benzene rings is 2. The van der Waals surface area contributed by atoms with Crippen LogP contribution >= 0.6 is 0 Å². The number of rotatable bonds is 9. The molecule has 8 heteroatoms. The first kappa shape index (κ1) is 24.3. The van der Waals surface area contributed by atoms with Gasteiger partial charge < -0.3 is 29.7 Å². The van der Waals surface area contributed by atoms with Crippen molar-refractivity contribution >= 4 is 17.6 Å². The first-order chi connectivity index (χ1) is 16.0. The Kier molecular flexibility index (Phi) is 8.46. The zero-order chi connectivity index (χ0) is 23.8. The highest BCUT2D eigenvalue weighted by Gasteiger charge is 2.38. The molecule has 8 nitrogen and oxygen atoms in total. The van der Waals surface area contributed by atoms with Gasteiger partial charge in [-0.05, 0) is 55.7 Å². The van der Waals surface area contributed by atoms with E-state index in [-0.39, 0.29) is 35.6 Å². The number of hydrogen-bond donors (Lipinski definition) is 3. The van der Waals surface area contributed by atoms with Gasteiger partial charge in [-0.25, -0.2) is 4.79 Å². The number of hydrogen-bond acceptors (Lipinski definition) is 7. The SMILES string of the molecule is CCO[C@@H]1OC(C(=O)Nc2ccccc2O)=C[C@H](c2ccc(C(=O)OC)cc2)[C@H]1CCCO. The van der Waals surface area contributed by atoms with E-state index in [1.807, 2.05) is 19.1 Å². The lowest BCUT2D eigenvalue weighted by Gasteiger charge is -2.37. The number of carbonyl (C=O) groups is 2. The number of anilines is 1. The number of nitrogens with one attached hydrogen (secondary N) is 1. The van der Waals surface area contributed by atoms with Crippen molar-refractivity contribution < 1.29 is 34.0 Å². The number of esters is 1. The number of phenols is 1. The molecule has 0 aromatic heterocycles. The average Bonchev–Trinajstić information content (AvgIpc) is 2.84. The second-order valence-corrected chi connectivity index (χ2v) is 7.61. The molecule has 3 rings (SSSR count). The smallest absolute Gasteiger partial charge is 0.337 e. The van der Waals surface area contributed by atoms with Gasteiger partial charge in [0.2, 0.25) is 6.29 Å². The van der Waals surface area contributed by atoms with Crippen LogP contribution in [0.15, 0.2) is 60.4 Å². The fourth-order valence-corrected chi connectivity index (χ4v) is 3.87. The molecule has 0 spiro atoms. The summed E-state index contributed by atoms with van der Waals surface area (Å²) in [5.74, 6) is -1.37. The number of para-hydroxylation sites is 2. The number of amides is 1. The highest BCUT2D eigenvalue weighted by atomic mass is 16.7. The molecule has 1 aliphatic rings. The number of carbonyl (C=O) groups excluding carboxylic acids is 2. The van der Waals surface area contributed by atoms with Crippen LogP contribution in [0.25, 0.3) is 0 Å². The Morgan fingerprint density at radius 1 is 1.12 bits per heavy atom. The van der Waals surface area contributed by atoms with Crippen molar-refractivity contribution in [3.63, 3.8) is 0 Å². The fourth-order valence-electron chi connectivity index (χ4n) is 3.87. The molecule has 1 heterocycles. The minimum Gasteiger partial charge on any atom is -0.506 e. The number of ether oxygens (including phenoxy) is 3. The molecule has 0 saturated heterocycles. The van der Waals surface area contributed by atoms with Gasteiger partial charge >= 0.3 is 5.97 Å². The van der Waals surface area contributed by atoms with Gasteiger partial charge in [0, 0.05) is 25.0 Å². The Hall–Kier alpha value is -3.36. The molecule has 33 heavy (non-hydrogen) atoms. The summed E-state index contributed by atoms with van der Waals surface area (Å²) in [5.41, 5.74) is 1.55. The summed E-state index contributed by atoms with van der Waals surface area (Å²) in [6, 6.07) is 13.4. The van der Waals surface area contributed by atoms with Crippen LogP contribution in [0.2, 0.25) is 0 Å². The van der Waals surface area contributed by atoms with Gasteiger partial charge in [0.05, 0.1) is 18.4 Å². The van der Waals surface area contributed by atoms with Crippen molar-refractivity contribution in [1.29, 1.82) is 0 Å². The van der Waals surface area contributed by atoms with Crippen LogP contribution in [-0.4, -0.2) is 48.7 Å². The minimum atomic E-state index is -0.707. The maximum Gasteiger partial charge on any atom is 0.337 e. The molecule has 176 valence electrons. The molecule has 0 unspecified atom stereocenters. The lowest BCUT2D eigenvalue weighted by atomic mass is 9.80. The van der Waals surface area contributed by atoms with E-state index < -0.39 is 18.2 Å². The summed E-state index contributed by atoms with van der Waals surface area (Å²) in [6.45, 7) is 2.24. The number of aliphatic hydroxyl groups excluding tert-OH is 1. The van der Waals surface area contributed by atoms with E-state index >= 15 is 0 Å². The molecule has 1 aliphatic heterocycles. The summed E-state index contributed by atoms with van der Waals surface area (Å²) >= 11 is 0. The first-order valence-electron chi connectivity index (χ1n) is 10.9. The van der Waals surface area contributed by atoms with Crippen molar-refractivity contribution in [2.75, 3.05) is 25.6 Å². The molecule has 0 bridgehead atoms. The van der Waals surface area contributed by atoms with Gasteiger partial charge in [-0.1, -0.05) is 24.3 Å². The molecule has 0 radical (unpaired) electrons. The van der Waals surface area contributed by atoms with Crippen molar-refractivity contribution in [2.45, 2.75) is 32.0 Å². The zero-order valence-corrected chi connectivity index (χ0v) is 18.7. The molecule has 3 atom stereocenters. The van der Waals surface area contributed by atoms with E-state index in [0.29, 0.717) is 25.0 Å². The predicted octanol–water partition coefficient (Wildman–Crippen LogP) is 3.57. The maximum atomic E-state index is 13.0. The normalized spacial score (nSPS) is 19.8. The van der Waals surface area contributed by atoms with Crippen LogP contribution in [0.1, 0.15) is 41.6 Å². The number of allylic oxidation sites excluding steroid dienone is 1. The molecule has 2 aromatic rings. The number of aromatic hydroxyl groups is 1.